The minimum atomic E-state index is 0.141. The molecule has 0 saturated heterocycles. The number of nitrogen functional groups attached to an aromatic ring is 1. The van der Waals surface area contributed by atoms with Gasteiger partial charge in [-0.2, -0.15) is 5.10 Å². The summed E-state index contributed by atoms with van der Waals surface area (Å²) in [7, 11) is 1.70. The van der Waals surface area contributed by atoms with Crippen LogP contribution in [-0.4, -0.2) is 34.1 Å². The molecule has 0 bridgehead atoms. The van der Waals surface area contributed by atoms with E-state index in [-0.39, 0.29) is 5.41 Å². The Labute approximate surface area is 233 Å². The minimum Gasteiger partial charge on any atom is -0.495 e. The first-order valence-corrected chi connectivity index (χ1v) is 15.0. The number of rotatable bonds is 9. The SMILES string of the molecule is CCCC(Cc1cc(C=NC2CC2)c(N)c(OC)c1)c1cc2c(c(-n3ncc4c3CCCC4)n1)CCC2(C)C. The van der Waals surface area contributed by atoms with Crippen molar-refractivity contribution in [1.82, 2.24) is 14.8 Å². The molecule has 6 nitrogen and oxygen atoms in total. The number of methoxy groups -OCH3 is 1. The van der Waals surface area contributed by atoms with Gasteiger partial charge in [-0.1, -0.05) is 27.2 Å². The Hall–Kier alpha value is -3.15. The number of anilines is 1. The van der Waals surface area contributed by atoms with Gasteiger partial charge >= 0.3 is 0 Å². The Balaban J connectivity index is 1.42. The number of hydrogen-bond donors (Lipinski definition) is 1. The number of aryl methyl sites for hydroxylation is 1. The lowest BCUT2D eigenvalue weighted by Crippen LogP contribution is -2.17. The van der Waals surface area contributed by atoms with Crippen LogP contribution < -0.4 is 10.5 Å². The van der Waals surface area contributed by atoms with Crippen LogP contribution in [0.5, 0.6) is 5.75 Å². The molecule has 0 spiro atoms. The molecule has 0 amide bonds. The van der Waals surface area contributed by atoms with Crippen molar-refractivity contribution >= 4 is 11.9 Å². The zero-order valence-corrected chi connectivity index (χ0v) is 24.1. The van der Waals surface area contributed by atoms with Gasteiger partial charge in [0.15, 0.2) is 5.82 Å². The molecular weight excluding hydrogens is 482 g/mol. The van der Waals surface area contributed by atoms with Gasteiger partial charge in [0, 0.05) is 34.6 Å². The lowest BCUT2D eigenvalue weighted by atomic mass is 9.84. The Bertz CT molecular complexity index is 1400. The smallest absolute Gasteiger partial charge is 0.157 e. The molecule has 2 aromatic heterocycles. The predicted molar refractivity (Wildman–Crippen MR) is 159 cm³/mol. The van der Waals surface area contributed by atoms with Crippen molar-refractivity contribution in [2.45, 2.75) is 109 Å². The van der Waals surface area contributed by atoms with Gasteiger partial charge in [0.05, 0.1) is 25.0 Å². The van der Waals surface area contributed by atoms with Gasteiger partial charge in [-0.15, -0.1) is 0 Å². The van der Waals surface area contributed by atoms with Crippen molar-refractivity contribution in [2.75, 3.05) is 12.8 Å². The molecule has 1 aromatic carbocycles. The fourth-order valence-electron chi connectivity index (χ4n) is 6.56. The molecule has 206 valence electrons. The van der Waals surface area contributed by atoms with Crippen LogP contribution in [0.25, 0.3) is 5.82 Å². The van der Waals surface area contributed by atoms with E-state index in [1.54, 1.807) is 7.11 Å². The lowest BCUT2D eigenvalue weighted by Gasteiger charge is -2.24. The first-order valence-electron chi connectivity index (χ1n) is 15.0. The number of benzene rings is 1. The molecule has 0 aliphatic heterocycles. The molecule has 0 radical (unpaired) electrons. The van der Waals surface area contributed by atoms with Crippen LogP contribution in [-0.2, 0) is 31.1 Å². The molecule has 39 heavy (non-hydrogen) atoms. The Morgan fingerprint density at radius 3 is 2.77 bits per heavy atom. The molecule has 3 aromatic rings. The van der Waals surface area contributed by atoms with E-state index in [2.05, 4.69) is 49.8 Å². The summed E-state index contributed by atoms with van der Waals surface area (Å²) in [6, 6.07) is 7.19. The fraction of sp³-hybridized carbons (Fsp3) is 0.545. The van der Waals surface area contributed by atoms with Gasteiger partial charge < -0.3 is 10.5 Å². The Morgan fingerprint density at radius 1 is 1.18 bits per heavy atom. The minimum absolute atomic E-state index is 0.141. The molecule has 6 rings (SSSR count). The average molecular weight is 526 g/mol. The number of ether oxygens (including phenoxy) is 1. The highest BCUT2D eigenvalue weighted by atomic mass is 16.5. The van der Waals surface area contributed by atoms with Crippen molar-refractivity contribution in [3.8, 4) is 11.6 Å². The maximum absolute atomic E-state index is 6.45. The van der Waals surface area contributed by atoms with E-state index in [1.165, 1.54) is 59.3 Å². The van der Waals surface area contributed by atoms with Gasteiger partial charge in [-0.3, -0.25) is 4.99 Å². The molecule has 1 atom stereocenters. The van der Waals surface area contributed by atoms with Gasteiger partial charge in [0.1, 0.15) is 5.75 Å². The van der Waals surface area contributed by atoms with Crippen LogP contribution in [0, 0.1) is 0 Å². The molecule has 2 heterocycles. The first-order chi connectivity index (χ1) is 18.9. The molecular formula is C33H43N5O. The number of aliphatic imine (C=N–C) groups is 1. The second kappa shape index (κ2) is 10.4. The van der Waals surface area contributed by atoms with Gasteiger partial charge in [-0.25, -0.2) is 9.67 Å². The zero-order valence-electron chi connectivity index (χ0n) is 24.1. The molecule has 3 aliphatic carbocycles. The normalized spacial score (nSPS) is 18.8. The summed E-state index contributed by atoms with van der Waals surface area (Å²) in [4.78, 5) is 10.1. The largest absolute Gasteiger partial charge is 0.495 e. The third-order valence-corrected chi connectivity index (χ3v) is 9.08. The standard InChI is InChI=1S/C33H43N5O/c1-5-8-22(15-21-16-24(19-35-25-11-12-25)31(34)30(17-21)39-4)28-18-27-26(13-14-33(27,2)3)32(37-28)38-29-10-7-6-9-23(29)20-36-38/h16-20,22,25H,5-15,34H2,1-4H3. The predicted octanol–water partition coefficient (Wildman–Crippen LogP) is 6.67. The van der Waals surface area contributed by atoms with Crippen molar-refractivity contribution in [1.29, 1.82) is 0 Å². The quantitative estimate of drug-likeness (QED) is 0.250. The van der Waals surface area contributed by atoms with Crippen LogP contribution in [0.3, 0.4) is 0 Å². The van der Waals surface area contributed by atoms with Crippen molar-refractivity contribution in [3.05, 3.63) is 63.6 Å². The van der Waals surface area contributed by atoms with E-state index in [9.17, 15) is 0 Å². The molecule has 1 unspecified atom stereocenters. The van der Waals surface area contributed by atoms with Gasteiger partial charge in [0.2, 0.25) is 0 Å². The number of hydrogen-bond acceptors (Lipinski definition) is 5. The van der Waals surface area contributed by atoms with Crippen molar-refractivity contribution < 1.29 is 4.74 Å². The van der Waals surface area contributed by atoms with Gasteiger partial charge in [-0.05, 0) is 105 Å². The van der Waals surface area contributed by atoms with Crippen molar-refractivity contribution in [3.63, 3.8) is 0 Å². The highest BCUT2D eigenvalue weighted by Crippen LogP contribution is 2.43. The highest BCUT2D eigenvalue weighted by molar-refractivity contribution is 5.89. The highest BCUT2D eigenvalue weighted by Gasteiger charge is 2.35. The third kappa shape index (κ3) is 5.10. The number of aromatic nitrogens is 3. The van der Waals surface area contributed by atoms with Crippen LogP contribution in [0.2, 0.25) is 0 Å². The summed E-state index contributed by atoms with van der Waals surface area (Å²) < 4.78 is 7.89. The number of nitrogens with two attached hydrogens (primary N) is 1. The Morgan fingerprint density at radius 2 is 2.00 bits per heavy atom. The summed E-state index contributed by atoms with van der Waals surface area (Å²) >= 11 is 0. The summed E-state index contributed by atoms with van der Waals surface area (Å²) in [5.41, 5.74) is 16.2. The van der Waals surface area contributed by atoms with E-state index >= 15 is 0 Å². The van der Waals surface area contributed by atoms with E-state index < -0.39 is 0 Å². The second-order valence-corrected chi connectivity index (χ2v) is 12.5. The summed E-state index contributed by atoms with van der Waals surface area (Å²) in [5.74, 6) is 2.10. The molecule has 6 heteroatoms. The third-order valence-electron chi connectivity index (χ3n) is 9.08. The van der Waals surface area contributed by atoms with Crippen LogP contribution in [0.1, 0.15) is 111 Å². The number of pyridine rings is 1. The van der Waals surface area contributed by atoms with Gasteiger partial charge in [0.25, 0.3) is 0 Å². The van der Waals surface area contributed by atoms with E-state index in [0.29, 0.717) is 17.6 Å². The maximum atomic E-state index is 6.45. The van der Waals surface area contributed by atoms with E-state index in [1.807, 2.05) is 6.21 Å². The summed E-state index contributed by atoms with van der Waals surface area (Å²) in [5, 5.41) is 4.92. The van der Waals surface area contributed by atoms with Crippen molar-refractivity contribution in [2.24, 2.45) is 4.99 Å². The monoisotopic (exact) mass is 525 g/mol. The average Bonchev–Trinajstić information content (AvgIpc) is 3.59. The zero-order chi connectivity index (χ0) is 27.1. The first kappa shape index (κ1) is 26.1. The van der Waals surface area contributed by atoms with Crippen LogP contribution >= 0.6 is 0 Å². The molecule has 2 N–H and O–H groups in total. The molecule has 1 fully saturated rings. The van der Waals surface area contributed by atoms with E-state index in [0.717, 1.165) is 62.1 Å². The van der Waals surface area contributed by atoms with E-state index in [4.69, 9.17) is 25.5 Å². The number of fused-ring (bicyclic) bond motifs is 2. The second-order valence-electron chi connectivity index (χ2n) is 12.5. The molecule has 1 saturated carbocycles. The summed E-state index contributed by atoms with van der Waals surface area (Å²) in [6.07, 6.45) is 16.4. The lowest BCUT2D eigenvalue weighted by molar-refractivity contribution is 0.416. The maximum Gasteiger partial charge on any atom is 0.157 e. The Kier molecular flexibility index (Phi) is 6.98. The topological polar surface area (TPSA) is 78.3 Å². The fourth-order valence-corrected chi connectivity index (χ4v) is 6.56. The van der Waals surface area contributed by atoms with Crippen LogP contribution in [0.4, 0.5) is 5.69 Å². The molecule has 3 aliphatic rings. The summed E-state index contributed by atoms with van der Waals surface area (Å²) in [6.45, 7) is 7.04. The van der Waals surface area contributed by atoms with Crippen LogP contribution in [0.15, 0.2) is 29.4 Å². The number of nitrogens with zero attached hydrogens (tertiary/aromatic N) is 4.